The van der Waals surface area contributed by atoms with Gasteiger partial charge < -0.3 is 18.3 Å². The Morgan fingerprint density at radius 1 is 0.750 bits per heavy atom. The summed E-state index contributed by atoms with van der Waals surface area (Å²) in [5, 5.41) is 0.307. The molecule has 5 rings (SSSR count). The van der Waals surface area contributed by atoms with E-state index in [1.807, 2.05) is 42.5 Å². The van der Waals surface area contributed by atoms with E-state index < -0.39 is 5.97 Å². The first-order valence-electron chi connectivity index (χ1n) is 9.82. The summed E-state index contributed by atoms with van der Waals surface area (Å²) in [6, 6.07) is 25.0. The van der Waals surface area contributed by atoms with E-state index in [4.69, 9.17) is 18.3 Å². The van der Waals surface area contributed by atoms with Crippen LogP contribution >= 0.6 is 0 Å². The Balaban J connectivity index is 1.36. The van der Waals surface area contributed by atoms with E-state index in [0.29, 0.717) is 11.1 Å². The Morgan fingerprint density at radius 2 is 1.50 bits per heavy atom. The molecule has 0 fully saturated rings. The number of fused-ring (bicyclic) bond motifs is 1. The average Bonchev–Trinajstić information content (AvgIpc) is 3.37. The van der Waals surface area contributed by atoms with Crippen LogP contribution in [0.15, 0.2) is 111 Å². The zero-order valence-electron chi connectivity index (χ0n) is 16.7. The van der Waals surface area contributed by atoms with Gasteiger partial charge in [0.05, 0.1) is 11.6 Å². The summed E-state index contributed by atoms with van der Waals surface area (Å²) in [7, 11) is 0. The maximum atomic E-state index is 12.8. The van der Waals surface area contributed by atoms with E-state index in [0.717, 1.165) is 11.1 Å². The smallest absolute Gasteiger partial charge is 0.379 e. The molecule has 32 heavy (non-hydrogen) atoms. The third-order valence-corrected chi connectivity index (χ3v) is 4.84. The van der Waals surface area contributed by atoms with Gasteiger partial charge in [0.15, 0.2) is 0 Å². The molecule has 5 aromatic rings. The number of benzene rings is 3. The fraction of sp³-hybridized carbons (Fsp3) is 0. The lowest BCUT2D eigenvalue weighted by molar-refractivity contribution is 0.0701. The third-order valence-electron chi connectivity index (χ3n) is 4.84. The molecule has 0 aliphatic heterocycles. The molecule has 0 saturated heterocycles. The van der Waals surface area contributed by atoms with Crippen LogP contribution in [0.25, 0.3) is 22.1 Å². The van der Waals surface area contributed by atoms with Crippen LogP contribution in [-0.4, -0.2) is 5.97 Å². The average molecular weight is 424 g/mol. The van der Waals surface area contributed by atoms with Crippen molar-refractivity contribution in [2.24, 2.45) is 0 Å². The Labute approximate surface area is 182 Å². The number of furan rings is 1. The summed E-state index contributed by atoms with van der Waals surface area (Å²) in [5.74, 6) is 0.238. The lowest BCUT2D eigenvalue weighted by Crippen LogP contribution is -2.08. The van der Waals surface area contributed by atoms with Crippen molar-refractivity contribution < 1.29 is 23.1 Å². The van der Waals surface area contributed by atoms with Crippen LogP contribution in [0.2, 0.25) is 0 Å². The summed E-state index contributed by atoms with van der Waals surface area (Å²) >= 11 is 0. The number of hydrogen-bond acceptors (Lipinski definition) is 6. The molecule has 6 heteroatoms. The Kier molecular flexibility index (Phi) is 5.01. The van der Waals surface area contributed by atoms with Crippen molar-refractivity contribution in [2.45, 2.75) is 0 Å². The van der Waals surface area contributed by atoms with Gasteiger partial charge in [-0.3, -0.25) is 4.79 Å². The molecule has 0 bridgehead atoms. The van der Waals surface area contributed by atoms with Gasteiger partial charge in [0.2, 0.25) is 16.9 Å². The van der Waals surface area contributed by atoms with Crippen molar-refractivity contribution in [3.05, 3.63) is 113 Å². The Morgan fingerprint density at radius 3 is 2.25 bits per heavy atom. The van der Waals surface area contributed by atoms with Crippen LogP contribution < -0.4 is 14.9 Å². The van der Waals surface area contributed by atoms with Gasteiger partial charge in [0.1, 0.15) is 23.3 Å². The highest BCUT2D eigenvalue weighted by Gasteiger charge is 2.14. The number of carbonyl (C=O) groups excluding carboxylic acids is 1. The molecular weight excluding hydrogens is 408 g/mol. The van der Waals surface area contributed by atoms with E-state index in [9.17, 15) is 9.59 Å². The first-order chi connectivity index (χ1) is 15.7. The summed E-state index contributed by atoms with van der Waals surface area (Å²) in [4.78, 5) is 24.9. The van der Waals surface area contributed by atoms with Crippen molar-refractivity contribution in [3.63, 3.8) is 0 Å². The van der Waals surface area contributed by atoms with Crippen molar-refractivity contribution in [1.82, 2.24) is 0 Å². The van der Waals surface area contributed by atoms with Gasteiger partial charge in [-0.15, -0.1) is 0 Å². The quantitative estimate of drug-likeness (QED) is 0.252. The molecule has 3 aromatic carbocycles. The summed E-state index contributed by atoms with van der Waals surface area (Å²) < 4.78 is 21.6. The van der Waals surface area contributed by atoms with Gasteiger partial charge in [0.25, 0.3) is 0 Å². The molecule has 0 aliphatic carbocycles. The fourth-order valence-corrected chi connectivity index (χ4v) is 3.25. The molecule has 2 aromatic heterocycles. The zero-order chi connectivity index (χ0) is 21.9. The van der Waals surface area contributed by atoms with E-state index in [1.54, 1.807) is 18.2 Å². The molecule has 156 valence electrons. The highest BCUT2D eigenvalue weighted by atomic mass is 16.5. The lowest BCUT2D eigenvalue weighted by atomic mass is 10.1. The standard InChI is InChI=1S/C26H16O6/c27-25-21-13-12-20(32-26(28)22-7-4-14-29-22)15-23(21)30-16-24(25)31-19-10-8-18(9-11-19)17-5-2-1-3-6-17/h1-16H. The molecule has 6 nitrogen and oxygen atoms in total. The van der Waals surface area contributed by atoms with Crippen molar-refractivity contribution in [1.29, 1.82) is 0 Å². The second kappa shape index (κ2) is 8.28. The van der Waals surface area contributed by atoms with Crippen LogP contribution in [0, 0.1) is 0 Å². The van der Waals surface area contributed by atoms with Crippen LogP contribution in [0.4, 0.5) is 0 Å². The van der Waals surface area contributed by atoms with E-state index in [-0.39, 0.29) is 28.3 Å². The highest BCUT2D eigenvalue weighted by molar-refractivity contribution is 5.89. The molecule has 0 N–H and O–H groups in total. The predicted molar refractivity (Wildman–Crippen MR) is 118 cm³/mol. The number of rotatable bonds is 5. The minimum atomic E-state index is -0.643. The number of hydrogen-bond donors (Lipinski definition) is 0. The van der Waals surface area contributed by atoms with Crippen LogP contribution in [0.5, 0.6) is 17.2 Å². The molecule has 0 amide bonds. The van der Waals surface area contributed by atoms with E-state index >= 15 is 0 Å². The monoisotopic (exact) mass is 424 g/mol. The molecule has 0 atom stereocenters. The first kappa shape index (κ1) is 19.4. The molecule has 2 heterocycles. The van der Waals surface area contributed by atoms with Gasteiger partial charge in [0, 0.05) is 6.07 Å². The van der Waals surface area contributed by atoms with Gasteiger partial charge in [-0.25, -0.2) is 4.79 Å². The largest absolute Gasteiger partial charge is 0.460 e. The number of esters is 1. The van der Waals surface area contributed by atoms with Crippen molar-refractivity contribution in [2.75, 3.05) is 0 Å². The second-order valence-electron chi connectivity index (χ2n) is 6.95. The van der Waals surface area contributed by atoms with Gasteiger partial charge in [-0.2, -0.15) is 0 Å². The maximum absolute atomic E-state index is 12.8. The van der Waals surface area contributed by atoms with Gasteiger partial charge in [-0.05, 0) is 47.5 Å². The van der Waals surface area contributed by atoms with Gasteiger partial charge in [-0.1, -0.05) is 42.5 Å². The minimum absolute atomic E-state index is 0.0605. The van der Waals surface area contributed by atoms with Crippen LogP contribution in [-0.2, 0) is 0 Å². The second-order valence-corrected chi connectivity index (χ2v) is 6.95. The molecule has 0 spiro atoms. The summed E-state index contributed by atoms with van der Waals surface area (Å²) in [5.41, 5.74) is 2.07. The number of ether oxygens (including phenoxy) is 2. The zero-order valence-corrected chi connectivity index (χ0v) is 16.7. The van der Waals surface area contributed by atoms with E-state index in [1.165, 1.54) is 36.8 Å². The molecular formula is C26H16O6. The third kappa shape index (κ3) is 3.89. The molecule has 0 aliphatic rings. The summed E-state index contributed by atoms with van der Waals surface area (Å²) in [6.07, 6.45) is 2.63. The maximum Gasteiger partial charge on any atom is 0.379 e. The minimum Gasteiger partial charge on any atom is -0.460 e. The van der Waals surface area contributed by atoms with Crippen molar-refractivity contribution >= 4 is 16.9 Å². The van der Waals surface area contributed by atoms with Gasteiger partial charge >= 0.3 is 5.97 Å². The lowest BCUT2D eigenvalue weighted by Gasteiger charge is -2.08. The Hall–Kier alpha value is -4.58. The Bertz CT molecular complexity index is 1430. The number of carbonyl (C=O) groups is 1. The SMILES string of the molecule is O=C(Oc1ccc2c(=O)c(Oc3ccc(-c4ccccc4)cc3)coc2c1)c1ccco1. The predicted octanol–water partition coefficient (Wildman–Crippen LogP) is 6.06. The van der Waals surface area contributed by atoms with Crippen LogP contribution in [0.1, 0.15) is 10.6 Å². The van der Waals surface area contributed by atoms with E-state index in [2.05, 4.69) is 0 Å². The molecule has 0 unspecified atom stereocenters. The van der Waals surface area contributed by atoms with Crippen molar-refractivity contribution in [3.8, 4) is 28.4 Å². The normalized spacial score (nSPS) is 10.8. The highest BCUT2D eigenvalue weighted by Crippen LogP contribution is 2.27. The van der Waals surface area contributed by atoms with Crippen LogP contribution in [0.3, 0.4) is 0 Å². The fourth-order valence-electron chi connectivity index (χ4n) is 3.25. The summed E-state index contributed by atoms with van der Waals surface area (Å²) in [6.45, 7) is 0. The molecule has 0 radical (unpaired) electrons. The first-order valence-corrected chi connectivity index (χ1v) is 9.82. The molecule has 0 saturated carbocycles. The topological polar surface area (TPSA) is 78.9 Å².